The minimum Gasteiger partial charge on any atom is -0.489 e. The van der Waals surface area contributed by atoms with Crippen LogP contribution < -0.4 is 4.74 Å². The van der Waals surface area contributed by atoms with Crippen molar-refractivity contribution in [2.24, 2.45) is 0 Å². The summed E-state index contributed by atoms with van der Waals surface area (Å²) in [6.07, 6.45) is 6.64. The second kappa shape index (κ2) is 8.31. The van der Waals surface area contributed by atoms with E-state index in [0.29, 0.717) is 12.5 Å². The fourth-order valence-electron chi connectivity index (χ4n) is 2.42. The average Bonchev–Trinajstić information content (AvgIpc) is 2.56. The molecule has 0 amide bonds. The maximum atomic E-state index is 5.83. The first-order valence-corrected chi connectivity index (χ1v) is 7.71. The van der Waals surface area contributed by atoms with Gasteiger partial charge in [0.25, 0.3) is 0 Å². The third kappa shape index (κ3) is 4.78. The van der Waals surface area contributed by atoms with E-state index in [4.69, 9.17) is 4.74 Å². The molecule has 2 aromatic rings. The molecule has 0 aliphatic rings. The SMILES string of the molecule is C/C=C\CC(CC)c1ccc(OCc2ccccc2)cc1. The van der Waals surface area contributed by atoms with E-state index in [-0.39, 0.29) is 0 Å². The molecule has 1 unspecified atom stereocenters. The lowest BCUT2D eigenvalue weighted by Gasteiger charge is -2.14. The minimum atomic E-state index is 0.601. The minimum absolute atomic E-state index is 0.601. The first-order valence-electron chi connectivity index (χ1n) is 7.71. The lowest BCUT2D eigenvalue weighted by atomic mass is 9.93. The van der Waals surface area contributed by atoms with Crippen molar-refractivity contribution in [1.29, 1.82) is 0 Å². The quantitative estimate of drug-likeness (QED) is 0.589. The smallest absolute Gasteiger partial charge is 0.119 e. The predicted molar refractivity (Wildman–Crippen MR) is 89.7 cm³/mol. The molecule has 0 heterocycles. The van der Waals surface area contributed by atoms with E-state index in [1.807, 2.05) is 18.2 Å². The van der Waals surface area contributed by atoms with Crippen molar-refractivity contribution in [3.63, 3.8) is 0 Å². The molecule has 1 atom stereocenters. The van der Waals surface area contributed by atoms with Crippen molar-refractivity contribution >= 4 is 0 Å². The highest BCUT2D eigenvalue weighted by molar-refractivity contribution is 5.30. The van der Waals surface area contributed by atoms with E-state index in [9.17, 15) is 0 Å². The van der Waals surface area contributed by atoms with Gasteiger partial charge >= 0.3 is 0 Å². The van der Waals surface area contributed by atoms with Gasteiger partial charge in [-0.3, -0.25) is 0 Å². The number of hydrogen-bond donors (Lipinski definition) is 0. The Morgan fingerprint density at radius 1 is 1.00 bits per heavy atom. The van der Waals surface area contributed by atoms with E-state index < -0.39 is 0 Å². The summed E-state index contributed by atoms with van der Waals surface area (Å²) < 4.78 is 5.83. The molecule has 0 radical (unpaired) electrons. The first-order chi connectivity index (χ1) is 10.3. The Balaban J connectivity index is 1.95. The maximum Gasteiger partial charge on any atom is 0.119 e. The molecular formula is C20H24O. The van der Waals surface area contributed by atoms with Crippen LogP contribution in [0.25, 0.3) is 0 Å². The zero-order chi connectivity index (χ0) is 14.9. The second-order valence-corrected chi connectivity index (χ2v) is 5.25. The Labute approximate surface area is 128 Å². The molecule has 0 aromatic heterocycles. The van der Waals surface area contributed by atoms with Gasteiger partial charge in [0.15, 0.2) is 0 Å². The van der Waals surface area contributed by atoms with Gasteiger partial charge in [0, 0.05) is 0 Å². The molecular weight excluding hydrogens is 256 g/mol. The lowest BCUT2D eigenvalue weighted by molar-refractivity contribution is 0.306. The van der Waals surface area contributed by atoms with Crippen molar-refractivity contribution in [3.05, 3.63) is 77.9 Å². The number of hydrogen-bond acceptors (Lipinski definition) is 1. The molecule has 1 nitrogen and oxygen atoms in total. The second-order valence-electron chi connectivity index (χ2n) is 5.25. The number of rotatable bonds is 7. The molecule has 2 rings (SSSR count). The summed E-state index contributed by atoms with van der Waals surface area (Å²) in [6, 6.07) is 18.8. The normalized spacial score (nSPS) is 12.5. The molecule has 110 valence electrons. The van der Waals surface area contributed by atoms with Crippen molar-refractivity contribution < 1.29 is 4.74 Å². The standard InChI is InChI=1S/C20H24O/c1-3-5-11-18(4-2)19-12-14-20(15-13-19)21-16-17-9-7-6-8-10-17/h3,5-10,12-15,18H,4,11,16H2,1-2H3/b5-3-. The van der Waals surface area contributed by atoms with Gasteiger partial charge in [-0.05, 0) is 48.9 Å². The molecule has 21 heavy (non-hydrogen) atoms. The van der Waals surface area contributed by atoms with E-state index in [1.165, 1.54) is 11.1 Å². The fraction of sp³-hybridized carbons (Fsp3) is 0.300. The molecule has 0 fully saturated rings. The summed E-state index contributed by atoms with van der Waals surface area (Å²) in [4.78, 5) is 0. The van der Waals surface area contributed by atoms with Crippen LogP contribution in [0.5, 0.6) is 5.75 Å². The average molecular weight is 280 g/mol. The van der Waals surface area contributed by atoms with Crippen LogP contribution in [0.1, 0.15) is 43.7 Å². The highest BCUT2D eigenvalue weighted by Gasteiger charge is 2.07. The van der Waals surface area contributed by atoms with Crippen molar-refractivity contribution in [3.8, 4) is 5.75 Å². The number of benzene rings is 2. The molecule has 0 spiro atoms. The zero-order valence-electron chi connectivity index (χ0n) is 13.0. The van der Waals surface area contributed by atoms with Crippen molar-refractivity contribution in [1.82, 2.24) is 0 Å². The maximum absolute atomic E-state index is 5.83. The Kier molecular flexibility index (Phi) is 6.08. The molecule has 0 aliphatic carbocycles. The van der Waals surface area contributed by atoms with E-state index in [1.54, 1.807) is 0 Å². The van der Waals surface area contributed by atoms with Crippen LogP contribution in [0.3, 0.4) is 0 Å². The lowest BCUT2D eigenvalue weighted by Crippen LogP contribution is -1.98. The Morgan fingerprint density at radius 2 is 1.71 bits per heavy atom. The van der Waals surface area contributed by atoms with Crippen molar-refractivity contribution in [2.75, 3.05) is 0 Å². The highest BCUT2D eigenvalue weighted by atomic mass is 16.5. The van der Waals surface area contributed by atoms with Gasteiger partial charge in [0.2, 0.25) is 0 Å². The van der Waals surface area contributed by atoms with Crippen LogP contribution in [0.15, 0.2) is 66.7 Å². The van der Waals surface area contributed by atoms with Crippen LogP contribution >= 0.6 is 0 Å². The topological polar surface area (TPSA) is 9.23 Å². The van der Waals surface area contributed by atoms with Crippen LogP contribution in [0, 0.1) is 0 Å². The Hall–Kier alpha value is -2.02. The van der Waals surface area contributed by atoms with Crippen LogP contribution in [0.2, 0.25) is 0 Å². The third-order valence-corrected chi connectivity index (χ3v) is 3.75. The molecule has 2 aromatic carbocycles. The summed E-state index contributed by atoms with van der Waals surface area (Å²) in [6.45, 7) is 4.94. The van der Waals surface area contributed by atoms with Gasteiger partial charge in [0.1, 0.15) is 12.4 Å². The van der Waals surface area contributed by atoms with E-state index in [0.717, 1.165) is 18.6 Å². The van der Waals surface area contributed by atoms with Gasteiger partial charge in [-0.1, -0.05) is 61.5 Å². The van der Waals surface area contributed by atoms with Crippen LogP contribution in [0.4, 0.5) is 0 Å². The van der Waals surface area contributed by atoms with Gasteiger partial charge in [-0.2, -0.15) is 0 Å². The predicted octanol–water partition coefficient (Wildman–Crippen LogP) is 5.73. The highest BCUT2D eigenvalue weighted by Crippen LogP contribution is 2.26. The van der Waals surface area contributed by atoms with Crippen molar-refractivity contribution in [2.45, 2.75) is 39.2 Å². The van der Waals surface area contributed by atoms with Gasteiger partial charge in [-0.25, -0.2) is 0 Å². The summed E-state index contributed by atoms with van der Waals surface area (Å²) in [5.41, 5.74) is 2.59. The first kappa shape index (κ1) is 15.4. The van der Waals surface area contributed by atoms with Crippen LogP contribution in [-0.2, 0) is 6.61 Å². The molecule has 0 N–H and O–H groups in total. The largest absolute Gasteiger partial charge is 0.489 e. The number of ether oxygens (including phenoxy) is 1. The molecule has 0 bridgehead atoms. The molecule has 1 heteroatoms. The summed E-state index contributed by atoms with van der Waals surface area (Å²) >= 11 is 0. The zero-order valence-corrected chi connectivity index (χ0v) is 13.0. The van der Waals surface area contributed by atoms with E-state index in [2.05, 4.69) is 62.4 Å². The van der Waals surface area contributed by atoms with Crippen LogP contribution in [-0.4, -0.2) is 0 Å². The third-order valence-electron chi connectivity index (χ3n) is 3.75. The van der Waals surface area contributed by atoms with Gasteiger partial charge < -0.3 is 4.74 Å². The van der Waals surface area contributed by atoms with Gasteiger partial charge in [-0.15, -0.1) is 0 Å². The number of allylic oxidation sites excluding steroid dienone is 2. The molecule has 0 saturated carbocycles. The fourth-order valence-corrected chi connectivity index (χ4v) is 2.42. The summed E-state index contributed by atoms with van der Waals surface area (Å²) in [5.74, 6) is 1.54. The molecule has 0 aliphatic heterocycles. The monoisotopic (exact) mass is 280 g/mol. The van der Waals surface area contributed by atoms with E-state index >= 15 is 0 Å². The Morgan fingerprint density at radius 3 is 2.33 bits per heavy atom. The Bertz CT molecular complexity index is 540. The summed E-state index contributed by atoms with van der Waals surface area (Å²) in [5, 5.41) is 0. The van der Waals surface area contributed by atoms with Gasteiger partial charge in [0.05, 0.1) is 0 Å². The summed E-state index contributed by atoms with van der Waals surface area (Å²) in [7, 11) is 0. The molecule has 0 saturated heterocycles.